The van der Waals surface area contributed by atoms with Crippen molar-refractivity contribution in [2.45, 2.75) is 11.2 Å². The fourth-order valence-corrected chi connectivity index (χ4v) is 4.42. The first-order chi connectivity index (χ1) is 6.28. The van der Waals surface area contributed by atoms with Gasteiger partial charge in [0.25, 0.3) is 0 Å². The van der Waals surface area contributed by atoms with Gasteiger partial charge in [-0.25, -0.2) is 0 Å². The minimum atomic E-state index is 0.135. The van der Waals surface area contributed by atoms with Crippen LogP contribution in [0.5, 0.6) is 0 Å². The summed E-state index contributed by atoms with van der Waals surface area (Å²) in [5.41, 5.74) is 0. The highest BCUT2D eigenvalue weighted by atomic mass is 32.2. The summed E-state index contributed by atoms with van der Waals surface area (Å²) in [6, 6.07) is 0. The summed E-state index contributed by atoms with van der Waals surface area (Å²) in [6.45, 7) is 0. The minimum Gasteiger partial charge on any atom is -0.294 e. The molecule has 3 rings (SSSR count). The number of rotatable bonds is 1. The lowest BCUT2D eigenvalue weighted by Gasteiger charge is -2.33. The van der Waals surface area contributed by atoms with Gasteiger partial charge >= 0.3 is 0 Å². The van der Waals surface area contributed by atoms with E-state index in [4.69, 9.17) is 0 Å². The van der Waals surface area contributed by atoms with Gasteiger partial charge in [0.05, 0.1) is 4.75 Å². The van der Waals surface area contributed by atoms with E-state index in [-0.39, 0.29) is 10.7 Å². The smallest absolute Gasteiger partial charge is 0.160 e. The molecule has 0 spiro atoms. The number of carbonyl (C=O) groups excluding carboxylic acids is 1. The quantitative estimate of drug-likeness (QED) is 0.591. The Morgan fingerprint density at radius 2 is 2.38 bits per heavy atom. The standard InChI is InChI=1S/C11H12OS/c1-13-11-5-4-9(12)10(11)7-2-3-8(11)6-7/h2-5,7-8,10H,6H2,1H3/t7-,8+,10+,11-/m1/s1. The van der Waals surface area contributed by atoms with E-state index in [2.05, 4.69) is 24.5 Å². The second kappa shape index (κ2) is 2.30. The van der Waals surface area contributed by atoms with Gasteiger partial charge in [0.1, 0.15) is 0 Å². The summed E-state index contributed by atoms with van der Waals surface area (Å²) in [6.07, 6.45) is 11.8. The molecule has 0 radical (unpaired) electrons. The predicted molar refractivity (Wildman–Crippen MR) is 54.6 cm³/mol. The third-order valence-corrected chi connectivity index (χ3v) is 5.18. The van der Waals surface area contributed by atoms with Gasteiger partial charge in [-0.2, -0.15) is 11.8 Å². The number of fused-ring (bicyclic) bond motifs is 5. The van der Waals surface area contributed by atoms with Gasteiger partial charge in [0.15, 0.2) is 5.78 Å². The molecule has 1 nitrogen and oxygen atoms in total. The molecule has 0 unspecified atom stereocenters. The van der Waals surface area contributed by atoms with E-state index >= 15 is 0 Å². The number of allylic oxidation sites excluding steroid dienone is 3. The summed E-state index contributed by atoms with van der Waals surface area (Å²) >= 11 is 1.86. The van der Waals surface area contributed by atoms with Gasteiger partial charge in [-0.15, -0.1) is 0 Å². The third-order valence-electron chi connectivity index (χ3n) is 3.78. The van der Waals surface area contributed by atoms with Crippen LogP contribution in [0, 0.1) is 17.8 Å². The van der Waals surface area contributed by atoms with E-state index in [9.17, 15) is 4.79 Å². The fourth-order valence-electron chi connectivity index (χ4n) is 3.20. The van der Waals surface area contributed by atoms with Crippen molar-refractivity contribution in [3.05, 3.63) is 24.3 Å². The predicted octanol–water partition coefficient (Wildman–Crippen LogP) is 2.05. The zero-order valence-electron chi connectivity index (χ0n) is 7.57. The van der Waals surface area contributed by atoms with Crippen molar-refractivity contribution in [1.29, 1.82) is 0 Å². The Kier molecular flexibility index (Phi) is 1.39. The van der Waals surface area contributed by atoms with Crippen molar-refractivity contribution < 1.29 is 4.79 Å². The molecule has 2 heteroatoms. The van der Waals surface area contributed by atoms with E-state index in [0.29, 0.717) is 17.6 Å². The van der Waals surface area contributed by atoms with Crippen molar-refractivity contribution in [1.82, 2.24) is 0 Å². The van der Waals surface area contributed by atoms with E-state index in [0.717, 1.165) is 0 Å². The highest BCUT2D eigenvalue weighted by Crippen LogP contribution is 2.59. The molecular weight excluding hydrogens is 180 g/mol. The summed E-state index contributed by atoms with van der Waals surface area (Å²) < 4.78 is 0.135. The van der Waals surface area contributed by atoms with Crippen LogP contribution in [0.25, 0.3) is 0 Å². The number of hydrogen-bond donors (Lipinski definition) is 0. The Labute approximate surface area is 82.3 Å². The van der Waals surface area contributed by atoms with Crippen LogP contribution in [0.2, 0.25) is 0 Å². The van der Waals surface area contributed by atoms with E-state index in [1.54, 1.807) is 6.08 Å². The van der Waals surface area contributed by atoms with Crippen LogP contribution in [-0.2, 0) is 4.79 Å². The largest absolute Gasteiger partial charge is 0.294 e. The van der Waals surface area contributed by atoms with Gasteiger partial charge < -0.3 is 0 Å². The maximum absolute atomic E-state index is 11.7. The molecule has 1 fully saturated rings. The highest BCUT2D eigenvalue weighted by molar-refractivity contribution is 8.00. The molecule has 3 aliphatic carbocycles. The molecule has 0 amide bonds. The van der Waals surface area contributed by atoms with Crippen molar-refractivity contribution in [3.8, 4) is 0 Å². The molecule has 1 saturated carbocycles. The minimum absolute atomic E-state index is 0.135. The van der Waals surface area contributed by atoms with Crippen LogP contribution in [0.1, 0.15) is 6.42 Å². The van der Waals surface area contributed by atoms with Crippen LogP contribution in [-0.4, -0.2) is 16.8 Å². The van der Waals surface area contributed by atoms with Crippen molar-refractivity contribution in [3.63, 3.8) is 0 Å². The van der Waals surface area contributed by atoms with Gasteiger partial charge in [0, 0.05) is 5.92 Å². The molecule has 0 N–H and O–H groups in total. The maximum Gasteiger partial charge on any atom is 0.160 e. The first-order valence-corrected chi connectivity index (χ1v) is 5.97. The molecule has 0 aromatic carbocycles. The molecule has 3 aliphatic rings. The molecule has 4 atom stereocenters. The van der Waals surface area contributed by atoms with Crippen LogP contribution in [0.15, 0.2) is 24.3 Å². The molecule has 0 aromatic rings. The highest BCUT2D eigenvalue weighted by Gasteiger charge is 2.58. The van der Waals surface area contributed by atoms with Crippen LogP contribution in [0.3, 0.4) is 0 Å². The zero-order valence-corrected chi connectivity index (χ0v) is 8.38. The van der Waals surface area contributed by atoms with Gasteiger partial charge in [-0.3, -0.25) is 4.79 Å². The van der Waals surface area contributed by atoms with Crippen LogP contribution < -0.4 is 0 Å². The maximum atomic E-state index is 11.7. The van der Waals surface area contributed by atoms with Gasteiger partial charge in [0.2, 0.25) is 0 Å². The Morgan fingerprint density at radius 1 is 1.54 bits per heavy atom. The molecule has 13 heavy (non-hydrogen) atoms. The molecular formula is C11H12OS. The average molecular weight is 192 g/mol. The number of thioether (sulfide) groups is 1. The Hall–Kier alpha value is -0.500. The summed E-state index contributed by atoms with van der Waals surface area (Å²) in [5.74, 6) is 1.75. The van der Waals surface area contributed by atoms with E-state index in [1.165, 1.54) is 6.42 Å². The molecule has 0 heterocycles. The average Bonchev–Trinajstić information content (AvgIpc) is 2.77. The second-order valence-corrected chi connectivity index (χ2v) is 5.28. The van der Waals surface area contributed by atoms with Gasteiger partial charge in [-0.05, 0) is 30.6 Å². The molecule has 0 aliphatic heterocycles. The lowest BCUT2D eigenvalue weighted by Crippen LogP contribution is -2.36. The molecule has 68 valence electrons. The van der Waals surface area contributed by atoms with Gasteiger partial charge in [-0.1, -0.05) is 18.2 Å². The summed E-state index contributed by atoms with van der Waals surface area (Å²) in [4.78, 5) is 11.7. The monoisotopic (exact) mass is 192 g/mol. The SMILES string of the molecule is CS[C@@]12C=CC(=O)[C@@H]1[C@@H]1C=C[C@H]2C1. The summed E-state index contributed by atoms with van der Waals surface area (Å²) in [5, 5.41) is 0. The number of carbonyl (C=O) groups is 1. The normalized spacial score (nSPS) is 50.5. The van der Waals surface area contributed by atoms with E-state index in [1.807, 2.05) is 11.8 Å². The lowest BCUT2D eigenvalue weighted by atomic mass is 9.84. The molecule has 2 bridgehead atoms. The molecule has 0 saturated heterocycles. The molecule has 0 aromatic heterocycles. The van der Waals surface area contributed by atoms with Crippen molar-refractivity contribution in [2.75, 3.05) is 6.26 Å². The Bertz CT molecular complexity index is 331. The second-order valence-electron chi connectivity index (χ2n) is 4.16. The van der Waals surface area contributed by atoms with Crippen molar-refractivity contribution in [2.24, 2.45) is 17.8 Å². The Balaban J connectivity index is 2.13. The first-order valence-electron chi connectivity index (χ1n) is 4.74. The van der Waals surface area contributed by atoms with E-state index < -0.39 is 0 Å². The van der Waals surface area contributed by atoms with Crippen LogP contribution >= 0.6 is 11.8 Å². The number of ketones is 1. The van der Waals surface area contributed by atoms with Crippen molar-refractivity contribution >= 4 is 17.5 Å². The first kappa shape index (κ1) is 7.86. The Morgan fingerprint density at radius 3 is 3.08 bits per heavy atom. The fraction of sp³-hybridized carbons (Fsp3) is 0.545. The lowest BCUT2D eigenvalue weighted by molar-refractivity contribution is -0.118. The zero-order chi connectivity index (χ0) is 9.05. The summed E-state index contributed by atoms with van der Waals surface area (Å²) in [7, 11) is 0. The topological polar surface area (TPSA) is 17.1 Å². The van der Waals surface area contributed by atoms with Crippen LogP contribution in [0.4, 0.5) is 0 Å². The third kappa shape index (κ3) is 0.738. The number of hydrogen-bond acceptors (Lipinski definition) is 2.